The zero-order valence-corrected chi connectivity index (χ0v) is 20.3. The van der Waals surface area contributed by atoms with Crippen molar-refractivity contribution >= 4 is 34.5 Å². The number of hydrogen-bond donors (Lipinski definition) is 0. The molecule has 1 aliphatic heterocycles. The van der Waals surface area contributed by atoms with Gasteiger partial charge in [-0.1, -0.05) is 24.6 Å². The van der Waals surface area contributed by atoms with Crippen LogP contribution in [0.15, 0.2) is 30.3 Å². The van der Waals surface area contributed by atoms with Gasteiger partial charge in [0, 0.05) is 61.1 Å². The largest absolute Gasteiger partial charge is 0.449 e. The Morgan fingerprint density at radius 1 is 1.06 bits per heavy atom. The van der Waals surface area contributed by atoms with Crippen LogP contribution in [0.4, 0.5) is 4.79 Å². The quantitative estimate of drug-likeness (QED) is 0.550. The van der Waals surface area contributed by atoms with E-state index in [1.54, 1.807) is 21.9 Å². The molecule has 33 heavy (non-hydrogen) atoms. The number of amides is 2. The first-order valence-electron chi connectivity index (χ1n) is 11.2. The summed E-state index contributed by atoms with van der Waals surface area (Å²) in [6.45, 7) is 8.34. The van der Waals surface area contributed by atoms with E-state index in [1.165, 1.54) is 0 Å². The summed E-state index contributed by atoms with van der Waals surface area (Å²) < 4.78 is 7.31. The Bertz CT molecular complexity index is 1210. The average Bonchev–Trinajstić information content (AvgIpc) is 3.09. The lowest BCUT2D eigenvalue weighted by molar-refractivity contribution is 0.0560. The van der Waals surface area contributed by atoms with Gasteiger partial charge in [-0.3, -0.25) is 4.79 Å². The van der Waals surface area contributed by atoms with Crippen molar-refractivity contribution in [3.63, 3.8) is 0 Å². The Hall–Kier alpha value is -3.06. The molecular formula is C25H29ClN4O3. The third-order valence-corrected chi connectivity index (χ3v) is 6.62. The summed E-state index contributed by atoms with van der Waals surface area (Å²) >= 11 is 6.58. The van der Waals surface area contributed by atoms with Crippen LogP contribution in [0.3, 0.4) is 0 Å². The number of ether oxygens (including phenoxy) is 1. The van der Waals surface area contributed by atoms with E-state index in [2.05, 4.69) is 24.5 Å². The molecule has 2 amide bonds. The number of halogens is 1. The van der Waals surface area contributed by atoms with E-state index in [4.69, 9.17) is 21.3 Å². The van der Waals surface area contributed by atoms with Crippen molar-refractivity contribution in [2.45, 2.75) is 27.2 Å². The van der Waals surface area contributed by atoms with E-state index < -0.39 is 0 Å². The van der Waals surface area contributed by atoms with Crippen LogP contribution in [0.25, 0.3) is 22.2 Å². The molecule has 1 aromatic carbocycles. The Kier molecular flexibility index (Phi) is 6.61. The molecular weight excluding hydrogens is 440 g/mol. The van der Waals surface area contributed by atoms with Crippen molar-refractivity contribution in [1.82, 2.24) is 19.4 Å². The van der Waals surface area contributed by atoms with Gasteiger partial charge in [-0.05, 0) is 44.5 Å². The second-order valence-electron chi connectivity index (χ2n) is 8.46. The molecule has 8 heteroatoms. The molecule has 0 aliphatic carbocycles. The van der Waals surface area contributed by atoms with Crippen LogP contribution in [0.2, 0.25) is 5.02 Å². The maximum absolute atomic E-state index is 13.2. The second-order valence-corrected chi connectivity index (χ2v) is 8.87. The minimum Gasteiger partial charge on any atom is -0.449 e. The lowest BCUT2D eigenvalue weighted by atomic mass is 10.1. The summed E-state index contributed by atoms with van der Waals surface area (Å²) in [6, 6.07) is 9.42. The Morgan fingerprint density at radius 2 is 1.76 bits per heavy atom. The van der Waals surface area contributed by atoms with E-state index >= 15 is 0 Å². The van der Waals surface area contributed by atoms with Gasteiger partial charge in [0.2, 0.25) is 0 Å². The molecule has 0 radical (unpaired) electrons. The predicted octanol–water partition coefficient (Wildman–Crippen LogP) is 4.81. The fraction of sp³-hybridized carbons (Fsp3) is 0.400. The molecule has 0 bridgehead atoms. The van der Waals surface area contributed by atoms with Gasteiger partial charge in [0.15, 0.2) is 0 Å². The van der Waals surface area contributed by atoms with Gasteiger partial charge < -0.3 is 19.1 Å². The molecule has 0 atom stereocenters. The fourth-order valence-corrected chi connectivity index (χ4v) is 4.39. The summed E-state index contributed by atoms with van der Waals surface area (Å²) in [6.07, 6.45) is 0.475. The summed E-state index contributed by atoms with van der Waals surface area (Å²) in [7, 11) is 2.02. The monoisotopic (exact) mass is 468 g/mol. The van der Waals surface area contributed by atoms with Gasteiger partial charge in [-0.15, -0.1) is 0 Å². The molecule has 1 fully saturated rings. The smallest absolute Gasteiger partial charge is 0.409 e. The SMILES string of the molecule is CCCOC(=O)N1CCN(C(=O)c2ccc3c(Cl)cc(-c4cc(C)n(C)c4C)nc3c2)CC1. The Labute approximate surface area is 198 Å². The number of carbonyl (C=O) groups is 2. The summed E-state index contributed by atoms with van der Waals surface area (Å²) in [4.78, 5) is 33.5. The van der Waals surface area contributed by atoms with E-state index in [-0.39, 0.29) is 12.0 Å². The third kappa shape index (κ3) is 4.55. The number of rotatable bonds is 4. The molecule has 1 aliphatic rings. The lowest BCUT2D eigenvalue weighted by Crippen LogP contribution is -2.50. The minimum atomic E-state index is -0.313. The van der Waals surface area contributed by atoms with Crippen LogP contribution < -0.4 is 0 Å². The van der Waals surface area contributed by atoms with Gasteiger partial charge >= 0.3 is 6.09 Å². The van der Waals surface area contributed by atoms with Crippen LogP contribution in [0, 0.1) is 13.8 Å². The summed E-state index contributed by atoms with van der Waals surface area (Å²) in [5.41, 5.74) is 5.32. The van der Waals surface area contributed by atoms with Gasteiger partial charge in [0.1, 0.15) is 0 Å². The second kappa shape index (κ2) is 9.43. The van der Waals surface area contributed by atoms with E-state index in [1.807, 2.05) is 26.1 Å². The molecule has 3 aromatic rings. The summed E-state index contributed by atoms with van der Waals surface area (Å²) in [5, 5.41) is 1.42. The fourth-order valence-electron chi connectivity index (χ4n) is 4.13. The average molecular weight is 469 g/mol. The van der Waals surface area contributed by atoms with E-state index in [0.717, 1.165) is 34.5 Å². The topological polar surface area (TPSA) is 67.7 Å². The normalized spacial score (nSPS) is 14.1. The Balaban J connectivity index is 1.56. The Morgan fingerprint density at radius 3 is 2.39 bits per heavy atom. The number of fused-ring (bicyclic) bond motifs is 1. The zero-order valence-electron chi connectivity index (χ0n) is 19.5. The third-order valence-electron chi connectivity index (χ3n) is 6.31. The van der Waals surface area contributed by atoms with Crippen molar-refractivity contribution in [1.29, 1.82) is 0 Å². The van der Waals surface area contributed by atoms with Crippen LogP contribution in [-0.4, -0.2) is 64.1 Å². The maximum Gasteiger partial charge on any atom is 0.409 e. The lowest BCUT2D eigenvalue weighted by Gasteiger charge is -2.34. The molecule has 3 heterocycles. The van der Waals surface area contributed by atoms with Gasteiger partial charge in [-0.25, -0.2) is 9.78 Å². The van der Waals surface area contributed by atoms with Crippen LogP contribution in [0.1, 0.15) is 35.1 Å². The molecule has 0 saturated carbocycles. The molecule has 1 saturated heterocycles. The van der Waals surface area contributed by atoms with E-state index in [9.17, 15) is 9.59 Å². The van der Waals surface area contributed by atoms with Crippen molar-refractivity contribution in [3.05, 3.63) is 52.3 Å². The van der Waals surface area contributed by atoms with Gasteiger partial charge in [-0.2, -0.15) is 0 Å². The van der Waals surface area contributed by atoms with Crippen molar-refractivity contribution < 1.29 is 14.3 Å². The highest BCUT2D eigenvalue weighted by Crippen LogP contribution is 2.31. The van der Waals surface area contributed by atoms with Gasteiger partial charge in [0.05, 0.1) is 22.8 Å². The summed E-state index contributed by atoms with van der Waals surface area (Å²) in [5.74, 6) is -0.0754. The number of piperazine rings is 1. The molecule has 174 valence electrons. The zero-order chi connectivity index (χ0) is 23.7. The molecule has 2 aromatic heterocycles. The van der Waals surface area contributed by atoms with Gasteiger partial charge in [0.25, 0.3) is 5.91 Å². The number of hydrogen-bond acceptors (Lipinski definition) is 4. The van der Waals surface area contributed by atoms with E-state index in [0.29, 0.717) is 48.9 Å². The van der Waals surface area contributed by atoms with Crippen molar-refractivity contribution in [2.75, 3.05) is 32.8 Å². The standard InChI is InChI=1S/C25H29ClN4O3/c1-5-12-33-25(32)30-10-8-29(9-11-30)24(31)18-6-7-19-21(26)15-23(27-22(19)14-18)20-13-16(2)28(4)17(20)3/h6-7,13-15H,5,8-12H2,1-4H3. The number of pyridine rings is 1. The van der Waals surface area contributed by atoms with Crippen LogP contribution in [0.5, 0.6) is 0 Å². The molecule has 7 nitrogen and oxygen atoms in total. The first-order chi connectivity index (χ1) is 15.8. The van der Waals surface area contributed by atoms with Crippen LogP contribution >= 0.6 is 11.6 Å². The highest BCUT2D eigenvalue weighted by Gasteiger charge is 2.26. The molecule has 0 spiro atoms. The predicted molar refractivity (Wildman–Crippen MR) is 130 cm³/mol. The number of benzene rings is 1. The highest BCUT2D eigenvalue weighted by atomic mass is 35.5. The first-order valence-corrected chi connectivity index (χ1v) is 11.6. The first kappa shape index (κ1) is 23.1. The number of aryl methyl sites for hydroxylation is 1. The van der Waals surface area contributed by atoms with Crippen molar-refractivity contribution in [3.8, 4) is 11.3 Å². The molecule has 0 unspecified atom stereocenters. The number of nitrogens with zero attached hydrogens (tertiary/aromatic N) is 4. The minimum absolute atomic E-state index is 0.0754. The molecule has 0 N–H and O–H groups in total. The maximum atomic E-state index is 13.2. The molecule has 4 rings (SSSR count). The highest BCUT2D eigenvalue weighted by molar-refractivity contribution is 6.35. The van der Waals surface area contributed by atoms with Crippen molar-refractivity contribution in [2.24, 2.45) is 7.05 Å². The number of carbonyl (C=O) groups excluding carboxylic acids is 2. The van der Waals surface area contributed by atoms with Crippen LogP contribution in [-0.2, 0) is 11.8 Å². The number of aromatic nitrogens is 2.